The Kier molecular flexibility index (Phi) is 26.7. The van der Waals surface area contributed by atoms with Gasteiger partial charge in [-0.25, -0.2) is 0 Å². The first-order chi connectivity index (χ1) is 6.89. The smallest absolute Gasteiger partial charge is 0.366 e. The highest BCUT2D eigenvalue weighted by Crippen LogP contribution is 1.81. The van der Waals surface area contributed by atoms with Crippen LogP contribution in [0.3, 0.4) is 0 Å². The molecular weight excluding hydrogens is 244 g/mol. The third kappa shape index (κ3) is 16.7. The van der Waals surface area contributed by atoms with Crippen molar-refractivity contribution in [2.75, 3.05) is 6.79 Å². The largest absolute Gasteiger partial charge is 0.589 e. The molecule has 4 nitrogen and oxygen atoms in total. The van der Waals surface area contributed by atoms with Gasteiger partial charge in [-0.1, -0.05) is 35.1 Å². The molecule has 1 aliphatic rings. The molecule has 1 heterocycles. The summed E-state index contributed by atoms with van der Waals surface area (Å²) in [5.74, 6) is 1.78. The summed E-state index contributed by atoms with van der Waals surface area (Å²) in [6.07, 6.45) is 0. The van der Waals surface area contributed by atoms with E-state index in [1.807, 2.05) is 34.2 Å². The van der Waals surface area contributed by atoms with Gasteiger partial charge in [0.15, 0.2) is 0 Å². The van der Waals surface area contributed by atoms with Crippen LogP contribution >= 0.6 is 0 Å². The van der Waals surface area contributed by atoms with Crippen LogP contribution in [0, 0.1) is 0 Å². The Morgan fingerprint density at radius 1 is 1.07 bits per heavy atom. The van der Waals surface area contributed by atoms with Gasteiger partial charge in [-0.2, -0.15) is 0 Å². The average Bonchev–Trinajstić information content (AvgIpc) is 2.38. The van der Waals surface area contributed by atoms with E-state index in [0.717, 1.165) is 0 Å². The summed E-state index contributed by atoms with van der Waals surface area (Å²) in [6, 6.07) is 0. The second kappa shape index (κ2) is 19.6. The number of hydrogen-bond acceptors (Lipinski definition) is 4. The molecule has 0 N–H and O–H groups in total. The van der Waals surface area contributed by atoms with E-state index in [2.05, 4.69) is 0 Å². The maximum absolute atomic E-state index is 5.34. The molecule has 0 spiro atoms. The van der Waals surface area contributed by atoms with Crippen LogP contribution in [0.5, 0.6) is 0 Å². The van der Waals surface area contributed by atoms with Gasteiger partial charge in [0.25, 0.3) is 0 Å². The molecule has 0 atom stereocenters. The second-order valence-corrected chi connectivity index (χ2v) is 6.03. The Bertz CT molecular complexity index is 133. The Balaban J connectivity index is -0.000000258. The van der Waals surface area contributed by atoms with Gasteiger partial charge in [0.2, 0.25) is 8.65 Å². The third-order valence-electron chi connectivity index (χ3n) is 0.937. The molecule has 0 bridgehead atoms. The van der Waals surface area contributed by atoms with Crippen molar-refractivity contribution in [1.29, 1.82) is 0 Å². The standard InChI is InChI=1S/C3H10O4Si3.2C2H6.CH4/c1-10-3-6-8-4-2-5-9-7-10;2*1-2;/h3H,2,8-9H2,1H3;2*1-2H3;1H4/b10-3+;;;. The van der Waals surface area contributed by atoms with Crippen molar-refractivity contribution in [2.45, 2.75) is 41.7 Å². The van der Waals surface area contributed by atoms with Crippen LogP contribution in [0.4, 0.5) is 0 Å². The summed E-state index contributed by atoms with van der Waals surface area (Å²) < 4.78 is 20.6. The molecule has 0 aromatic heterocycles. The van der Waals surface area contributed by atoms with Gasteiger partial charge in [-0.15, -0.1) is 0 Å². The molecule has 0 radical (unpaired) electrons. The molecule has 1 aliphatic heterocycles. The van der Waals surface area contributed by atoms with Crippen molar-refractivity contribution in [3.05, 3.63) is 0 Å². The molecule has 15 heavy (non-hydrogen) atoms. The molecule has 0 saturated heterocycles. The van der Waals surface area contributed by atoms with Crippen LogP contribution in [0.1, 0.15) is 35.1 Å². The van der Waals surface area contributed by atoms with E-state index in [-0.39, 0.29) is 7.43 Å². The van der Waals surface area contributed by atoms with Gasteiger partial charge in [-0.05, 0) is 6.55 Å². The van der Waals surface area contributed by atoms with Gasteiger partial charge in [0, 0.05) is 0 Å². The van der Waals surface area contributed by atoms with Crippen molar-refractivity contribution in [3.63, 3.8) is 0 Å². The molecule has 0 amide bonds. The maximum atomic E-state index is 5.34. The van der Waals surface area contributed by atoms with Gasteiger partial charge in [0.1, 0.15) is 6.79 Å². The van der Waals surface area contributed by atoms with E-state index < -0.39 is 28.7 Å². The molecular formula is C8H26O4Si3. The molecule has 0 saturated carbocycles. The predicted molar refractivity (Wildman–Crippen MR) is 73.4 cm³/mol. The highest BCUT2D eigenvalue weighted by molar-refractivity contribution is 6.62. The van der Waals surface area contributed by atoms with E-state index in [0.29, 0.717) is 6.79 Å². The van der Waals surface area contributed by atoms with E-state index in [1.165, 1.54) is 0 Å². The van der Waals surface area contributed by atoms with Crippen molar-refractivity contribution in [1.82, 2.24) is 0 Å². The molecule has 0 fully saturated rings. The minimum atomic E-state index is -0.831. The number of hydrogen-bond donors (Lipinski definition) is 0. The average molecular weight is 271 g/mol. The first-order valence-electron chi connectivity index (χ1n) is 4.96. The van der Waals surface area contributed by atoms with Crippen molar-refractivity contribution in [3.8, 4) is 0 Å². The lowest BCUT2D eigenvalue weighted by atomic mass is 11.0. The van der Waals surface area contributed by atoms with E-state index in [4.69, 9.17) is 17.4 Å². The normalized spacial score (nSPS) is 21.3. The summed E-state index contributed by atoms with van der Waals surface area (Å²) in [7, 11) is -2.43. The Hall–Kier alpha value is 0.0406. The van der Waals surface area contributed by atoms with Crippen LogP contribution in [0.15, 0.2) is 0 Å². The van der Waals surface area contributed by atoms with Crippen LogP contribution in [0.25, 0.3) is 0 Å². The van der Waals surface area contributed by atoms with Gasteiger partial charge in [-0.3, -0.25) is 0 Å². The molecule has 0 aromatic rings. The first kappa shape index (κ1) is 20.5. The maximum Gasteiger partial charge on any atom is 0.366 e. The summed E-state index contributed by atoms with van der Waals surface area (Å²) >= 11 is 0. The summed E-state index contributed by atoms with van der Waals surface area (Å²) in [6.45, 7) is 10.4. The van der Waals surface area contributed by atoms with Crippen LogP contribution in [-0.2, 0) is 17.4 Å². The lowest BCUT2D eigenvalue weighted by Gasteiger charge is -2.02. The monoisotopic (exact) mass is 270 g/mol. The quantitative estimate of drug-likeness (QED) is 0.607. The number of rotatable bonds is 0. The zero-order valence-electron chi connectivity index (χ0n) is 9.83. The van der Waals surface area contributed by atoms with E-state index in [1.54, 1.807) is 5.86 Å². The van der Waals surface area contributed by atoms with Crippen molar-refractivity contribution in [2.24, 2.45) is 0 Å². The van der Waals surface area contributed by atoms with Gasteiger partial charge >= 0.3 is 20.0 Å². The van der Waals surface area contributed by atoms with Crippen molar-refractivity contribution < 1.29 is 17.4 Å². The fraction of sp³-hybridized carbons (Fsp3) is 0.875. The lowest BCUT2D eigenvalue weighted by Crippen LogP contribution is -2.12. The fourth-order valence-corrected chi connectivity index (χ4v) is 3.76. The summed E-state index contributed by atoms with van der Waals surface area (Å²) in [5, 5.41) is 0. The zero-order chi connectivity index (χ0) is 11.2. The molecule has 0 unspecified atom stereocenters. The highest BCUT2D eigenvalue weighted by Gasteiger charge is 1.97. The van der Waals surface area contributed by atoms with Gasteiger partial charge in [0.05, 0.1) is 5.86 Å². The van der Waals surface area contributed by atoms with Crippen LogP contribution < -0.4 is 0 Å². The molecule has 1 rings (SSSR count). The highest BCUT2D eigenvalue weighted by atomic mass is 28.3. The molecule has 0 aromatic carbocycles. The second-order valence-electron chi connectivity index (χ2n) is 1.80. The Morgan fingerprint density at radius 3 is 2.20 bits per heavy atom. The minimum absolute atomic E-state index is 0. The molecule has 94 valence electrons. The first-order valence-corrected chi connectivity index (χ1v) is 9.26. The van der Waals surface area contributed by atoms with E-state index in [9.17, 15) is 0 Å². The minimum Gasteiger partial charge on any atom is -0.589 e. The topological polar surface area (TPSA) is 36.9 Å². The predicted octanol–water partition coefficient (Wildman–Crippen LogP) is 0.673. The Morgan fingerprint density at radius 2 is 1.60 bits per heavy atom. The lowest BCUT2D eigenvalue weighted by molar-refractivity contribution is 0.105. The van der Waals surface area contributed by atoms with Crippen molar-refractivity contribution >= 4 is 34.5 Å². The Labute approximate surface area is 101 Å². The summed E-state index contributed by atoms with van der Waals surface area (Å²) in [4.78, 5) is 0. The fourth-order valence-electron chi connectivity index (χ4n) is 0.495. The summed E-state index contributed by atoms with van der Waals surface area (Å²) in [5.41, 5.74) is 0. The van der Waals surface area contributed by atoms with Gasteiger partial charge < -0.3 is 17.4 Å². The zero-order valence-corrected chi connectivity index (χ0v) is 13.7. The molecule has 7 heteroatoms. The SMILES string of the molecule is C.C/[Si]1=C\O[SiH2]OCO[SiH2]O1.CC.CC. The van der Waals surface area contributed by atoms with E-state index >= 15 is 0 Å². The van der Waals surface area contributed by atoms with Crippen LogP contribution in [0.2, 0.25) is 6.55 Å². The third-order valence-corrected chi connectivity index (χ3v) is 5.03. The molecule has 0 aliphatic carbocycles. The van der Waals surface area contributed by atoms with Crippen LogP contribution in [-0.4, -0.2) is 41.3 Å².